The van der Waals surface area contributed by atoms with Crippen molar-refractivity contribution in [3.05, 3.63) is 36.7 Å². The van der Waals surface area contributed by atoms with Gasteiger partial charge in [-0.15, -0.1) is 0 Å². The van der Waals surface area contributed by atoms with E-state index < -0.39 is 0 Å². The number of rotatable bonds is 5. The Kier molecular flexibility index (Phi) is 4.90. The zero-order chi connectivity index (χ0) is 18.8. The molecule has 0 saturated heterocycles. The Balaban J connectivity index is 1.71. The highest BCUT2D eigenvalue weighted by Gasteiger charge is 2.18. The molecule has 0 spiro atoms. The van der Waals surface area contributed by atoms with Crippen LogP contribution in [0.15, 0.2) is 36.7 Å². The van der Waals surface area contributed by atoms with Crippen LogP contribution in [0.2, 0.25) is 0 Å². The molecule has 2 aromatic carbocycles. The molecule has 0 bridgehead atoms. The first-order valence-corrected chi connectivity index (χ1v) is 9.68. The maximum Gasteiger partial charge on any atom is 0.0960 e. The van der Waals surface area contributed by atoms with Gasteiger partial charge in [-0.25, -0.2) is 4.98 Å². The summed E-state index contributed by atoms with van der Waals surface area (Å²) < 4.78 is 2.33. The molecule has 3 aromatic rings. The summed E-state index contributed by atoms with van der Waals surface area (Å²) in [5, 5.41) is 12.2. The van der Waals surface area contributed by atoms with Gasteiger partial charge in [-0.05, 0) is 42.7 Å². The lowest BCUT2D eigenvalue weighted by atomic mass is 9.95. The fraction of sp³-hybridized carbons (Fsp3) is 0.381. The van der Waals surface area contributed by atoms with Gasteiger partial charge in [0.25, 0.3) is 0 Å². The van der Waals surface area contributed by atoms with Crippen LogP contribution in [0.3, 0.4) is 0 Å². The molecule has 0 aliphatic heterocycles. The molecule has 1 aliphatic rings. The second-order valence-corrected chi connectivity index (χ2v) is 7.32. The molecule has 1 saturated carbocycles. The van der Waals surface area contributed by atoms with Gasteiger partial charge in [-0.3, -0.25) is 0 Å². The van der Waals surface area contributed by atoms with E-state index in [4.69, 9.17) is 16.6 Å². The predicted octanol–water partition coefficient (Wildman–Crippen LogP) is 3.78. The molecular weight excluding hydrogens is 338 g/mol. The van der Waals surface area contributed by atoms with Crippen LogP contribution in [-0.4, -0.2) is 27.8 Å². The fourth-order valence-corrected chi connectivity index (χ4v) is 4.07. The zero-order valence-corrected chi connectivity index (χ0v) is 15.5. The quantitative estimate of drug-likeness (QED) is 0.515. The van der Waals surface area contributed by atoms with Crippen molar-refractivity contribution in [3.63, 3.8) is 0 Å². The number of anilines is 3. The number of nitrogen functional groups attached to an aromatic ring is 2. The van der Waals surface area contributed by atoms with E-state index in [0.29, 0.717) is 24.0 Å². The third kappa shape index (κ3) is 3.45. The summed E-state index contributed by atoms with van der Waals surface area (Å²) in [6.45, 7) is 0.526. The van der Waals surface area contributed by atoms with Crippen LogP contribution >= 0.6 is 0 Å². The number of hydrogen-bond acceptors (Lipinski definition) is 5. The SMILES string of the molecule is Nc1cc(NCCO)cc(-c2ccc3c(c2)ncn3C2CCCCC2)c1N. The van der Waals surface area contributed by atoms with Crippen molar-refractivity contribution in [1.82, 2.24) is 9.55 Å². The Morgan fingerprint density at radius 2 is 1.93 bits per heavy atom. The Bertz CT molecular complexity index is 943. The van der Waals surface area contributed by atoms with Crippen LogP contribution in [0, 0.1) is 0 Å². The topological polar surface area (TPSA) is 102 Å². The minimum atomic E-state index is 0.0597. The lowest BCUT2D eigenvalue weighted by molar-refractivity contribution is 0.311. The number of aromatic nitrogens is 2. The first kappa shape index (κ1) is 17.7. The molecule has 6 nitrogen and oxygen atoms in total. The van der Waals surface area contributed by atoms with Crippen LogP contribution in [0.1, 0.15) is 38.1 Å². The first-order valence-electron chi connectivity index (χ1n) is 9.68. The normalized spacial score (nSPS) is 15.3. The molecule has 6 heteroatoms. The first-order chi connectivity index (χ1) is 13.2. The second kappa shape index (κ2) is 7.48. The van der Waals surface area contributed by atoms with Gasteiger partial charge in [-0.1, -0.05) is 25.3 Å². The summed E-state index contributed by atoms with van der Waals surface area (Å²) in [6.07, 6.45) is 8.37. The van der Waals surface area contributed by atoms with Gasteiger partial charge >= 0.3 is 0 Å². The van der Waals surface area contributed by atoms with Crippen molar-refractivity contribution >= 4 is 28.1 Å². The monoisotopic (exact) mass is 365 g/mol. The number of nitrogens with two attached hydrogens (primary N) is 2. The van der Waals surface area contributed by atoms with Gasteiger partial charge in [0.1, 0.15) is 0 Å². The Labute approximate surface area is 159 Å². The third-order valence-corrected chi connectivity index (χ3v) is 5.51. The number of imidazole rings is 1. The van der Waals surface area contributed by atoms with Crippen LogP contribution < -0.4 is 16.8 Å². The van der Waals surface area contributed by atoms with Gasteiger partial charge in [0.05, 0.1) is 35.3 Å². The number of nitrogens with one attached hydrogen (secondary N) is 1. The molecule has 0 radical (unpaired) electrons. The summed E-state index contributed by atoms with van der Waals surface area (Å²) in [4.78, 5) is 4.65. The number of aliphatic hydroxyl groups excluding tert-OH is 1. The molecule has 1 fully saturated rings. The number of benzene rings is 2. The molecule has 0 amide bonds. The molecule has 27 heavy (non-hydrogen) atoms. The Morgan fingerprint density at radius 3 is 2.70 bits per heavy atom. The number of hydrogen-bond donors (Lipinski definition) is 4. The summed E-state index contributed by atoms with van der Waals surface area (Å²) >= 11 is 0. The van der Waals surface area contributed by atoms with E-state index in [-0.39, 0.29) is 6.61 Å². The van der Waals surface area contributed by atoms with E-state index in [2.05, 4.69) is 33.1 Å². The number of nitrogens with zero attached hydrogens (tertiary/aromatic N) is 2. The third-order valence-electron chi connectivity index (χ3n) is 5.51. The van der Waals surface area contributed by atoms with Crippen LogP contribution in [0.5, 0.6) is 0 Å². The highest BCUT2D eigenvalue weighted by molar-refractivity contribution is 5.91. The standard InChI is InChI=1S/C21H27N5O/c22-18-12-15(24-8-9-27)11-17(21(18)23)14-6-7-20-19(10-14)25-13-26(20)16-4-2-1-3-5-16/h6-7,10-13,16,24,27H,1-5,8-9,22-23H2. The zero-order valence-electron chi connectivity index (χ0n) is 15.5. The van der Waals surface area contributed by atoms with E-state index >= 15 is 0 Å². The predicted molar refractivity (Wildman–Crippen MR) is 112 cm³/mol. The van der Waals surface area contributed by atoms with Crippen molar-refractivity contribution in [3.8, 4) is 11.1 Å². The summed E-state index contributed by atoms with van der Waals surface area (Å²) in [5.41, 5.74) is 18.3. The average Bonchev–Trinajstić information content (AvgIpc) is 3.12. The number of fused-ring (bicyclic) bond motifs is 1. The summed E-state index contributed by atoms with van der Waals surface area (Å²) in [7, 11) is 0. The van der Waals surface area contributed by atoms with E-state index in [0.717, 1.165) is 22.3 Å². The molecule has 1 heterocycles. The minimum Gasteiger partial charge on any atom is -0.397 e. The van der Waals surface area contributed by atoms with Gasteiger partial charge in [0, 0.05) is 23.8 Å². The Hall–Kier alpha value is -2.73. The molecule has 0 unspecified atom stereocenters. The number of aliphatic hydroxyl groups is 1. The molecule has 1 aromatic heterocycles. The summed E-state index contributed by atoms with van der Waals surface area (Å²) in [6, 6.07) is 10.6. The minimum absolute atomic E-state index is 0.0597. The van der Waals surface area contributed by atoms with Crippen LogP contribution in [0.4, 0.5) is 17.1 Å². The van der Waals surface area contributed by atoms with Crippen molar-refractivity contribution in [2.45, 2.75) is 38.1 Å². The second-order valence-electron chi connectivity index (χ2n) is 7.32. The maximum absolute atomic E-state index is 9.04. The molecule has 4 rings (SSSR count). The largest absolute Gasteiger partial charge is 0.397 e. The highest BCUT2D eigenvalue weighted by atomic mass is 16.3. The van der Waals surface area contributed by atoms with Crippen LogP contribution in [-0.2, 0) is 0 Å². The molecule has 6 N–H and O–H groups in total. The van der Waals surface area contributed by atoms with E-state index in [9.17, 15) is 0 Å². The van der Waals surface area contributed by atoms with Crippen molar-refractivity contribution in [2.24, 2.45) is 0 Å². The highest BCUT2D eigenvalue weighted by Crippen LogP contribution is 2.36. The maximum atomic E-state index is 9.04. The van der Waals surface area contributed by atoms with E-state index in [1.54, 1.807) is 6.07 Å². The lowest BCUT2D eigenvalue weighted by Gasteiger charge is -2.23. The molecule has 0 atom stereocenters. The summed E-state index contributed by atoms with van der Waals surface area (Å²) in [5.74, 6) is 0. The molecule has 1 aliphatic carbocycles. The van der Waals surface area contributed by atoms with Crippen molar-refractivity contribution < 1.29 is 5.11 Å². The molecular formula is C21H27N5O. The lowest BCUT2D eigenvalue weighted by Crippen LogP contribution is -2.11. The fourth-order valence-electron chi connectivity index (χ4n) is 4.07. The molecule has 142 valence electrons. The Morgan fingerprint density at radius 1 is 1.11 bits per heavy atom. The smallest absolute Gasteiger partial charge is 0.0960 e. The van der Waals surface area contributed by atoms with Gasteiger partial charge in [0.2, 0.25) is 0 Å². The van der Waals surface area contributed by atoms with Crippen molar-refractivity contribution in [1.29, 1.82) is 0 Å². The van der Waals surface area contributed by atoms with Gasteiger partial charge < -0.3 is 26.5 Å². The van der Waals surface area contributed by atoms with Crippen molar-refractivity contribution in [2.75, 3.05) is 29.9 Å². The average molecular weight is 365 g/mol. The van der Waals surface area contributed by atoms with Gasteiger partial charge in [0.15, 0.2) is 0 Å². The van der Waals surface area contributed by atoms with E-state index in [1.807, 2.05) is 12.4 Å². The van der Waals surface area contributed by atoms with Crippen LogP contribution in [0.25, 0.3) is 22.2 Å². The van der Waals surface area contributed by atoms with E-state index in [1.165, 1.54) is 37.6 Å². The van der Waals surface area contributed by atoms with Gasteiger partial charge in [-0.2, -0.15) is 0 Å².